The van der Waals surface area contributed by atoms with Crippen LogP contribution in [0.25, 0.3) is 0 Å². The Balaban J connectivity index is 0.00000147. The molecule has 1 aliphatic heterocycles. The number of anilines is 2. The highest BCUT2D eigenvalue weighted by Gasteiger charge is 2.13. The first-order chi connectivity index (χ1) is 9.22. The van der Waals surface area contributed by atoms with Gasteiger partial charge in [-0.1, -0.05) is 5.16 Å². The molecule has 2 aromatic rings. The normalized spacial score (nSPS) is 12.8. The van der Waals surface area contributed by atoms with Crippen molar-refractivity contribution in [3.05, 3.63) is 41.3 Å². The molecule has 3 rings (SSSR count). The Morgan fingerprint density at radius 2 is 2.25 bits per heavy atom. The van der Waals surface area contributed by atoms with Gasteiger partial charge in [-0.15, -0.1) is 12.4 Å². The van der Waals surface area contributed by atoms with Crippen molar-refractivity contribution in [2.75, 3.05) is 17.2 Å². The zero-order valence-electron chi connectivity index (χ0n) is 11.1. The Bertz CT molecular complexity index is 625. The summed E-state index contributed by atoms with van der Waals surface area (Å²) in [6, 6.07) is 7.52. The molecule has 6 heteroatoms. The van der Waals surface area contributed by atoms with Gasteiger partial charge in [-0.05, 0) is 43.5 Å². The molecule has 5 nitrogen and oxygen atoms in total. The largest absolute Gasteiger partial charge is 0.385 e. The SMILES string of the molecule is Cc1cc(C(=O)Nc2ccc3c(c2)CCCN3)no1.Cl. The van der Waals surface area contributed by atoms with Crippen LogP contribution in [-0.2, 0) is 6.42 Å². The summed E-state index contributed by atoms with van der Waals surface area (Å²) in [4.78, 5) is 11.9. The van der Waals surface area contributed by atoms with Crippen molar-refractivity contribution < 1.29 is 9.32 Å². The van der Waals surface area contributed by atoms with Crippen LogP contribution in [0, 0.1) is 6.92 Å². The van der Waals surface area contributed by atoms with E-state index in [0.29, 0.717) is 11.5 Å². The van der Waals surface area contributed by atoms with Gasteiger partial charge in [0.15, 0.2) is 5.69 Å². The number of hydrogen-bond acceptors (Lipinski definition) is 4. The van der Waals surface area contributed by atoms with Crippen LogP contribution in [0.15, 0.2) is 28.8 Å². The topological polar surface area (TPSA) is 67.2 Å². The van der Waals surface area contributed by atoms with Crippen LogP contribution in [0.4, 0.5) is 11.4 Å². The molecule has 0 atom stereocenters. The molecule has 2 N–H and O–H groups in total. The number of fused-ring (bicyclic) bond motifs is 1. The second kappa shape index (κ2) is 5.96. The minimum Gasteiger partial charge on any atom is -0.385 e. The maximum atomic E-state index is 11.9. The fourth-order valence-corrected chi connectivity index (χ4v) is 2.22. The van der Waals surface area contributed by atoms with E-state index in [-0.39, 0.29) is 18.3 Å². The van der Waals surface area contributed by atoms with E-state index in [4.69, 9.17) is 4.52 Å². The van der Waals surface area contributed by atoms with E-state index < -0.39 is 0 Å². The van der Waals surface area contributed by atoms with Gasteiger partial charge in [-0.2, -0.15) is 0 Å². The van der Waals surface area contributed by atoms with Gasteiger partial charge in [0.2, 0.25) is 0 Å². The van der Waals surface area contributed by atoms with Gasteiger partial charge in [-0.25, -0.2) is 0 Å². The van der Waals surface area contributed by atoms with Crippen LogP contribution in [0.5, 0.6) is 0 Å². The lowest BCUT2D eigenvalue weighted by Gasteiger charge is -2.18. The molecule has 0 spiro atoms. The van der Waals surface area contributed by atoms with Crippen LogP contribution in [0.3, 0.4) is 0 Å². The average Bonchev–Trinajstić information content (AvgIpc) is 2.85. The van der Waals surface area contributed by atoms with Crippen LogP contribution in [-0.4, -0.2) is 17.6 Å². The van der Waals surface area contributed by atoms with Gasteiger partial charge < -0.3 is 15.2 Å². The summed E-state index contributed by atoms with van der Waals surface area (Å²) in [5.74, 6) is 0.375. The van der Waals surface area contributed by atoms with E-state index in [0.717, 1.165) is 30.8 Å². The lowest BCUT2D eigenvalue weighted by Crippen LogP contribution is -2.14. The molecule has 20 heavy (non-hydrogen) atoms. The van der Waals surface area contributed by atoms with E-state index in [1.165, 1.54) is 5.56 Å². The molecule has 1 amide bonds. The Hall–Kier alpha value is -2.01. The van der Waals surface area contributed by atoms with Crippen molar-refractivity contribution in [3.63, 3.8) is 0 Å². The third kappa shape index (κ3) is 2.93. The number of aromatic nitrogens is 1. The van der Waals surface area contributed by atoms with E-state index in [1.54, 1.807) is 13.0 Å². The van der Waals surface area contributed by atoms with E-state index in [9.17, 15) is 4.79 Å². The van der Waals surface area contributed by atoms with Crippen molar-refractivity contribution in [2.45, 2.75) is 19.8 Å². The first-order valence-electron chi connectivity index (χ1n) is 6.34. The first-order valence-corrected chi connectivity index (χ1v) is 6.34. The summed E-state index contributed by atoms with van der Waals surface area (Å²) in [5.41, 5.74) is 3.48. The second-order valence-electron chi connectivity index (χ2n) is 4.68. The fourth-order valence-electron chi connectivity index (χ4n) is 2.22. The number of rotatable bonds is 2. The average molecular weight is 294 g/mol. The summed E-state index contributed by atoms with van der Waals surface area (Å²) < 4.78 is 4.89. The number of hydrogen-bond donors (Lipinski definition) is 2. The van der Waals surface area contributed by atoms with Crippen molar-refractivity contribution in [3.8, 4) is 0 Å². The molecule has 1 aliphatic rings. The maximum Gasteiger partial charge on any atom is 0.277 e. The van der Waals surface area contributed by atoms with Gasteiger partial charge in [0.05, 0.1) is 0 Å². The summed E-state index contributed by atoms with van der Waals surface area (Å²) >= 11 is 0. The highest BCUT2D eigenvalue weighted by molar-refractivity contribution is 6.03. The lowest BCUT2D eigenvalue weighted by molar-refractivity contribution is 0.101. The quantitative estimate of drug-likeness (QED) is 0.893. The van der Waals surface area contributed by atoms with Crippen LogP contribution in [0.1, 0.15) is 28.2 Å². The number of nitrogens with zero attached hydrogens (tertiary/aromatic N) is 1. The Morgan fingerprint density at radius 3 is 3.00 bits per heavy atom. The third-order valence-corrected chi connectivity index (χ3v) is 3.16. The number of carbonyl (C=O) groups excluding carboxylic acids is 1. The summed E-state index contributed by atoms with van der Waals surface area (Å²) in [6.45, 7) is 2.77. The Morgan fingerprint density at radius 1 is 1.40 bits per heavy atom. The highest BCUT2D eigenvalue weighted by atomic mass is 35.5. The predicted molar refractivity (Wildman–Crippen MR) is 79.7 cm³/mol. The molecule has 1 aromatic carbocycles. The molecule has 106 valence electrons. The molecular formula is C14H16ClN3O2. The number of benzene rings is 1. The maximum absolute atomic E-state index is 11.9. The van der Waals surface area contributed by atoms with Crippen molar-refractivity contribution in [1.29, 1.82) is 0 Å². The van der Waals surface area contributed by atoms with Crippen LogP contribution >= 0.6 is 12.4 Å². The van der Waals surface area contributed by atoms with Crippen LogP contribution in [0.2, 0.25) is 0 Å². The summed E-state index contributed by atoms with van der Waals surface area (Å²) in [6.07, 6.45) is 2.15. The molecule has 0 radical (unpaired) electrons. The molecule has 1 aromatic heterocycles. The highest BCUT2D eigenvalue weighted by Crippen LogP contribution is 2.25. The Kier molecular flexibility index (Phi) is 4.29. The minimum absolute atomic E-state index is 0. The monoisotopic (exact) mass is 293 g/mol. The van der Waals surface area contributed by atoms with Gasteiger partial charge >= 0.3 is 0 Å². The molecular weight excluding hydrogens is 278 g/mol. The molecule has 0 aliphatic carbocycles. The van der Waals surface area contributed by atoms with Gasteiger partial charge in [0.25, 0.3) is 5.91 Å². The molecule has 2 heterocycles. The van der Waals surface area contributed by atoms with E-state index in [1.807, 2.05) is 18.2 Å². The lowest BCUT2D eigenvalue weighted by atomic mass is 10.0. The summed E-state index contributed by atoms with van der Waals surface area (Å²) in [5, 5.41) is 9.87. The number of aryl methyl sites for hydroxylation is 2. The number of carbonyl (C=O) groups is 1. The Labute approximate surface area is 123 Å². The van der Waals surface area contributed by atoms with Gasteiger partial charge in [0, 0.05) is 24.0 Å². The summed E-state index contributed by atoms with van der Waals surface area (Å²) in [7, 11) is 0. The molecule has 0 fully saturated rings. The molecule has 0 saturated heterocycles. The second-order valence-corrected chi connectivity index (χ2v) is 4.68. The number of amides is 1. The van der Waals surface area contributed by atoms with E-state index >= 15 is 0 Å². The first kappa shape index (κ1) is 14.4. The fraction of sp³-hybridized carbons (Fsp3) is 0.286. The predicted octanol–water partition coefficient (Wildman–Crippen LogP) is 3.02. The zero-order valence-corrected chi connectivity index (χ0v) is 11.9. The third-order valence-electron chi connectivity index (χ3n) is 3.16. The molecule has 0 unspecified atom stereocenters. The zero-order chi connectivity index (χ0) is 13.2. The minimum atomic E-state index is -0.249. The van der Waals surface area contributed by atoms with Crippen molar-refractivity contribution in [1.82, 2.24) is 5.16 Å². The number of halogens is 1. The van der Waals surface area contributed by atoms with Gasteiger partial charge in [-0.3, -0.25) is 4.79 Å². The van der Waals surface area contributed by atoms with E-state index in [2.05, 4.69) is 15.8 Å². The standard InChI is InChI=1S/C14H15N3O2.ClH/c1-9-7-13(17-19-9)14(18)16-11-4-5-12-10(8-11)3-2-6-15-12;/h4-5,7-8,15H,2-3,6H2,1H3,(H,16,18);1H. The number of nitrogens with one attached hydrogen (secondary N) is 2. The molecule has 0 bridgehead atoms. The molecule has 0 saturated carbocycles. The van der Waals surface area contributed by atoms with Crippen molar-refractivity contribution in [2.24, 2.45) is 0 Å². The van der Waals surface area contributed by atoms with Crippen molar-refractivity contribution >= 4 is 29.7 Å². The van der Waals surface area contributed by atoms with Crippen LogP contribution < -0.4 is 10.6 Å². The smallest absolute Gasteiger partial charge is 0.277 e. The van der Waals surface area contributed by atoms with Gasteiger partial charge in [0.1, 0.15) is 5.76 Å².